The van der Waals surface area contributed by atoms with Gasteiger partial charge in [0.2, 0.25) is 10.0 Å². The maximum absolute atomic E-state index is 12.3. The predicted octanol–water partition coefficient (Wildman–Crippen LogP) is 1.28. The van der Waals surface area contributed by atoms with E-state index in [0.717, 1.165) is 0 Å². The number of rotatable bonds is 7. The van der Waals surface area contributed by atoms with Crippen molar-refractivity contribution in [1.29, 1.82) is 0 Å². The molecule has 1 aromatic rings. The number of carbonyl (C=O) groups is 1. The van der Waals surface area contributed by atoms with Crippen LogP contribution in [0.5, 0.6) is 0 Å². The van der Waals surface area contributed by atoms with Gasteiger partial charge >= 0.3 is 5.97 Å². The molecule has 1 unspecified atom stereocenters. The molecule has 0 radical (unpaired) electrons. The van der Waals surface area contributed by atoms with Gasteiger partial charge in [-0.15, -0.1) is 0 Å². The Bertz CT molecular complexity index is 565. The number of hydrogen-bond acceptors (Lipinski definition) is 5. The van der Waals surface area contributed by atoms with E-state index in [1.54, 1.807) is 20.8 Å². The molecule has 0 amide bonds. The quantitative estimate of drug-likeness (QED) is 0.766. The minimum absolute atomic E-state index is 0.186. The van der Waals surface area contributed by atoms with Crippen molar-refractivity contribution in [2.75, 3.05) is 19.7 Å². The fraction of sp³-hybridized carbons (Fsp3) is 0.500. The van der Waals surface area contributed by atoms with Crippen LogP contribution in [-0.2, 0) is 19.6 Å². The number of hydrogen-bond donors (Lipinski definition) is 1. The summed E-state index contributed by atoms with van der Waals surface area (Å²) in [7, 11) is -3.50. The number of esters is 1. The second-order valence-electron chi connectivity index (χ2n) is 4.39. The average Bonchev–Trinajstić information content (AvgIpc) is 2.48. The predicted molar refractivity (Wildman–Crippen MR) is 80.1 cm³/mol. The van der Waals surface area contributed by atoms with Gasteiger partial charge in [0, 0.05) is 13.1 Å². The molecule has 0 spiro atoms. The lowest BCUT2D eigenvalue weighted by atomic mass is 10.1. The van der Waals surface area contributed by atoms with Crippen molar-refractivity contribution in [3.8, 4) is 0 Å². The van der Waals surface area contributed by atoms with Gasteiger partial charge in [-0.3, -0.25) is 0 Å². The molecule has 0 bridgehead atoms. The van der Waals surface area contributed by atoms with Gasteiger partial charge in [-0.2, -0.15) is 4.31 Å². The zero-order valence-electron chi connectivity index (χ0n) is 12.6. The van der Waals surface area contributed by atoms with Crippen molar-refractivity contribution in [2.45, 2.75) is 31.7 Å². The molecule has 2 N–H and O–H groups in total. The first kappa shape index (κ1) is 17.6. The third-order valence-electron chi connectivity index (χ3n) is 3.12. The SMILES string of the molecule is CCOC(=O)C(N)c1ccc(S(=O)(=O)N(CC)CC)cc1. The van der Waals surface area contributed by atoms with Gasteiger partial charge in [-0.05, 0) is 24.6 Å². The molecule has 0 aliphatic heterocycles. The highest BCUT2D eigenvalue weighted by atomic mass is 32.2. The number of nitrogens with two attached hydrogens (primary N) is 1. The zero-order chi connectivity index (χ0) is 16.0. The van der Waals surface area contributed by atoms with Gasteiger partial charge in [0.1, 0.15) is 6.04 Å². The Balaban J connectivity index is 3.00. The number of nitrogens with zero attached hydrogens (tertiary/aromatic N) is 1. The standard InChI is InChI=1S/C14H22N2O4S/c1-4-16(5-2)21(18,19)12-9-7-11(8-10-12)13(15)14(17)20-6-3/h7-10,13H,4-6,15H2,1-3H3. The molecule has 0 fully saturated rings. The Morgan fingerprint density at radius 1 is 1.19 bits per heavy atom. The van der Waals surface area contributed by atoms with Crippen LogP contribution < -0.4 is 5.73 Å². The third kappa shape index (κ3) is 4.03. The molecule has 118 valence electrons. The number of benzene rings is 1. The Kier molecular flexibility index (Phi) is 6.32. The Hall–Kier alpha value is -1.44. The molecular formula is C14H22N2O4S. The highest BCUT2D eigenvalue weighted by Gasteiger charge is 2.22. The Labute approximate surface area is 125 Å². The molecule has 0 saturated carbocycles. The summed E-state index contributed by atoms with van der Waals surface area (Å²) in [6, 6.07) is 5.09. The van der Waals surface area contributed by atoms with Crippen LogP contribution in [0.15, 0.2) is 29.2 Å². The molecule has 1 atom stereocenters. The van der Waals surface area contributed by atoms with Crippen molar-refractivity contribution in [2.24, 2.45) is 5.73 Å². The topological polar surface area (TPSA) is 89.7 Å². The normalized spacial score (nSPS) is 13.2. The zero-order valence-corrected chi connectivity index (χ0v) is 13.4. The smallest absolute Gasteiger partial charge is 0.327 e. The van der Waals surface area contributed by atoms with E-state index in [2.05, 4.69) is 0 Å². The fourth-order valence-electron chi connectivity index (χ4n) is 1.93. The summed E-state index contributed by atoms with van der Waals surface area (Å²) < 4.78 is 30.8. The fourth-order valence-corrected chi connectivity index (χ4v) is 3.39. The van der Waals surface area contributed by atoms with Crippen LogP contribution in [0.1, 0.15) is 32.4 Å². The van der Waals surface area contributed by atoms with Crippen LogP contribution in [0.2, 0.25) is 0 Å². The van der Waals surface area contributed by atoms with E-state index in [1.165, 1.54) is 28.6 Å². The van der Waals surface area contributed by atoms with Crippen LogP contribution >= 0.6 is 0 Å². The first-order valence-corrected chi connectivity index (χ1v) is 8.34. The first-order chi connectivity index (χ1) is 9.88. The van der Waals surface area contributed by atoms with E-state index in [9.17, 15) is 13.2 Å². The summed E-state index contributed by atoms with van der Waals surface area (Å²) in [6.07, 6.45) is 0. The summed E-state index contributed by atoms with van der Waals surface area (Å²) in [4.78, 5) is 11.7. The highest BCUT2D eigenvalue weighted by molar-refractivity contribution is 7.89. The van der Waals surface area contributed by atoms with Gasteiger partial charge in [0.25, 0.3) is 0 Å². The summed E-state index contributed by atoms with van der Waals surface area (Å²) in [5.41, 5.74) is 6.28. The van der Waals surface area contributed by atoms with E-state index >= 15 is 0 Å². The molecular weight excluding hydrogens is 292 g/mol. The number of sulfonamides is 1. The van der Waals surface area contributed by atoms with Crippen LogP contribution in [0.25, 0.3) is 0 Å². The lowest BCUT2D eigenvalue weighted by Gasteiger charge is -2.19. The van der Waals surface area contributed by atoms with Crippen LogP contribution in [0, 0.1) is 0 Å². The molecule has 1 rings (SSSR count). The molecule has 6 nitrogen and oxygen atoms in total. The van der Waals surface area contributed by atoms with Crippen molar-refractivity contribution in [1.82, 2.24) is 4.31 Å². The maximum atomic E-state index is 12.3. The van der Waals surface area contributed by atoms with E-state index in [-0.39, 0.29) is 11.5 Å². The van der Waals surface area contributed by atoms with Gasteiger partial charge in [0.15, 0.2) is 0 Å². The first-order valence-electron chi connectivity index (χ1n) is 6.90. The molecule has 21 heavy (non-hydrogen) atoms. The minimum atomic E-state index is -3.50. The van der Waals surface area contributed by atoms with Crippen LogP contribution in [0.4, 0.5) is 0 Å². The average molecular weight is 314 g/mol. The Morgan fingerprint density at radius 2 is 1.71 bits per heavy atom. The summed E-state index contributed by atoms with van der Waals surface area (Å²) in [5.74, 6) is -0.531. The van der Waals surface area contributed by atoms with E-state index < -0.39 is 22.0 Å². The molecule has 0 saturated heterocycles. The van der Waals surface area contributed by atoms with Crippen molar-refractivity contribution >= 4 is 16.0 Å². The van der Waals surface area contributed by atoms with Crippen molar-refractivity contribution < 1.29 is 17.9 Å². The second-order valence-corrected chi connectivity index (χ2v) is 6.33. The Morgan fingerprint density at radius 3 is 2.14 bits per heavy atom. The molecule has 0 aromatic heterocycles. The maximum Gasteiger partial charge on any atom is 0.327 e. The van der Waals surface area contributed by atoms with E-state index in [1.807, 2.05) is 0 Å². The van der Waals surface area contributed by atoms with Crippen molar-refractivity contribution in [3.63, 3.8) is 0 Å². The highest BCUT2D eigenvalue weighted by Crippen LogP contribution is 2.19. The molecule has 0 aliphatic carbocycles. The minimum Gasteiger partial charge on any atom is -0.465 e. The number of ether oxygens (including phenoxy) is 1. The van der Waals surface area contributed by atoms with Gasteiger partial charge in [-0.1, -0.05) is 26.0 Å². The van der Waals surface area contributed by atoms with Crippen LogP contribution in [-0.4, -0.2) is 38.4 Å². The lowest BCUT2D eigenvalue weighted by molar-refractivity contribution is -0.144. The summed E-state index contributed by atoms with van der Waals surface area (Å²) >= 11 is 0. The van der Waals surface area contributed by atoms with Crippen molar-refractivity contribution in [3.05, 3.63) is 29.8 Å². The third-order valence-corrected chi connectivity index (χ3v) is 5.19. The second kappa shape index (κ2) is 7.53. The van der Waals surface area contributed by atoms with Crippen LogP contribution in [0.3, 0.4) is 0 Å². The molecule has 0 heterocycles. The number of carbonyl (C=O) groups excluding carboxylic acids is 1. The van der Waals surface area contributed by atoms with E-state index in [0.29, 0.717) is 18.7 Å². The monoisotopic (exact) mass is 314 g/mol. The molecule has 1 aromatic carbocycles. The summed E-state index contributed by atoms with van der Waals surface area (Å²) in [5, 5.41) is 0. The molecule has 0 aliphatic rings. The van der Waals surface area contributed by atoms with Gasteiger partial charge in [0.05, 0.1) is 11.5 Å². The largest absolute Gasteiger partial charge is 0.465 e. The van der Waals surface area contributed by atoms with E-state index in [4.69, 9.17) is 10.5 Å². The summed E-state index contributed by atoms with van der Waals surface area (Å²) in [6.45, 7) is 6.33. The lowest BCUT2D eigenvalue weighted by Crippen LogP contribution is -2.30. The van der Waals surface area contributed by atoms with Gasteiger partial charge in [-0.25, -0.2) is 13.2 Å². The van der Waals surface area contributed by atoms with Gasteiger partial charge < -0.3 is 10.5 Å². The molecule has 7 heteroatoms.